The number of nitrogens with two attached hydrogens (primary N) is 1. The standard InChI is InChI=1S/C7H15NO2.C2H4O2/c1-5(2)6(8)4-7(9)10-3;1-2(3)4/h5-6H,4,8H2,1-3H3;1H3,(H,3,4)/t6-;/m0./s1. The molecule has 0 bridgehead atoms. The Morgan fingerprint density at radius 3 is 2.00 bits per heavy atom. The highest BCUT2D eigenvalue weighted by Gasteiger charge is 2.12. The Hall–Kier alpha value is -1.10. The summed E-state index contributed by atoms with van der Waals surface area (Å²) in [5, 5.41) is 7.42. The first kappa shape index (κ1) is 15.4. The van der Waals surface area contributed by atoms with Gasteiger partial charge >= 0.3 is 5.97 Å². The summed E-state index contributed by atoms with van der Waals surface area (Å²) in [4.78, 5) is 19.6. The number of carboxylic acid groups (broad SMARTS) is 1. The van der Waals surface area contributed by atoms with Gasteiger partial charge in [-0.2, -0.15) is 0 Å². The van der Waals surface area contributed by atoms with E-state index in [1.165, 1.54) is 7.11 Å². The summed E-state index contributed by atoms with van der Waals surface area (Å²) >= 11 is 0. The van der Waals surface area contributed by atoms with Gasteiger partial charge < -0.3 is 15.6 Å². The zero-order chi connectivity index (χ0) is 11.7. The predicted molar refractivity (Wildman–Crippen MR) is 52.8 cm³/mol. The first-order valence-electron chi connectivity index (χ1n) is 4.33. The number of aliphatic carboxylic acids is 1. The van der Waals surface area contributed by atoms with Crippen molar-refractivity contribution in [3.63, 3.8) is 0 Å². The van der Waals surface area contributed by atoms with Crippen LogP contribution in [0, 0.1) is 5.92 Å². The Balaban J connectivity index is 0. The Kier molecular flexibility index (Phi) is 9.33. The Morgan fingerprint density at radius 2 is 1.79 bits per heavy atom. The summed E-state index contributed by atoms with van der Waals surface area (Å²) in [5.41, 5.74) is 5.59. The van der Waals surface area contributed by atoms with Crippen molar-refractivity contribution in [3.8, 4) is 0 Å². The average Bonchev–Trinajstić information content (AvgIpc) is 2.02. The highest BCUT2D eigenvalue weighted by atomic mass is 16.5. The van der Waals surface area contributed by atoms with Crippen molar-refractivity contribution in [1.29, 1.82) is 0 Å². The van der Waals surface area contributed by atoms with Crippen LogP contribution in [0.5, 0.6) is 0 Å². The van der Waals surface area contributed by atoms with E-state index in [1.54, 1.807) is 0 Å². The molecule has 0 radical (unpaired) electrons. The van der Waals surface area contributed by atoms with Crippen LogP contribution in [0.2, 0.25) is 0 Å². The first-order chi connectivity index (χ1) is 6.31. The molecule has 0 rings (SSSR count). The average molecular weight is 205 g/mol. The minimum absolute atomic E-state index is 0.0764. The van der Waals surface area contributed by atoms with Gasteiger partial charge in [-0.1, -0.05) is 13.8 Å². The molecule has 0 aliphatic rings. The van der Waals surface area contributed by atoms with E-state index in [0.717, 1.165) is 6.92 Å². The van der Waals surface area contributed by atoms with E-state index in [4.69, 9.17) is 15.6 Å². The van der Waals surface area contributed by atoms with Crippen LogP contribution >= 0.6 is 0 Å². The topological polar surface area (TPSA) is 89.6 Å². The van der Waals surface area contributed by atoms with Crippen molar-refractivity contribution in [2.75, 3.05) is 7.11 Å². The molecule has 0 aliphatic carbocycles. The van der Waals surface area contributed by atoms with Crippen molar-refractivity contribution < 1.29 is 19.4 Å². The molecule has 0 spiro atoms. The maximum atomic E-state index is 10.6. The second-order valence-corrected chi connectivity index (χ2v) is 3.21. The second-order valence-electron chi connectivity index (χ2n) is 3.21. The third-order valence-corrected chi connectivity index (χ3v) is 1.49. The maximum Gasteiger partial charge on any atom is 0.307 e. The van der Waals surface area contributed by atoms with Crippen LogP contribution in [0.15, 0.2) is 0 Å². The van der Waals surface area contributed by atoms with Crippen LogP contribution in [0.25, 0.3) is 0 Å². The van der Waals surface area contributed by atoms with Crippen LogP contribution in [0.1, 0.15) is 27.2 Å². The molecular weight excluding hydrogens is 186 g/mol. The lowest BCUT2D eigenvalue weighted by Gasteiger charge is -2.12. The fourth-order valence-electron chi connectivity index (χ4n) is 0.511. The van der Waals surface area contributed by atoms with E-state index in [-0.39, 0.29) is 12.0 Å². The SMILES string of the molecule is CC(=O)O.COC(=O)C[C@H](N)C(C)C. The second kappa shape index (κ2) is 8.50. The minimum atomic E-state index is -0.833. The number of carbonyl (C=O) groups is 2. The number of hydrogen-bond donors (Lipinski definition) is 2. The number of carbonyl (C=O) groups excluding carboxylic acids is 1. The lowest BCUT2D eigenvalue weighted by Crippen LogP contribution is -2.29. The minimum Gasteiger partial charge on any atom is -0.481 e. The van der Waals surface area contributed by atoms with Gasteiger partial charge in [0.15, 0.2) is 0 Å². The normalized spacial score (nSPS) is 11.3. The molecule has 0 heterocycles. The fourth-order valence-corrected chi connectivity index (χ4v) is 0.511. The van der Waals surface area contributed by atoms with Gasteiger partial charge in [-0.15, -0.1) is 0 Å². The van der Waals surface area contributed by atoms with Gasteiger partial charge in [0.1, 0.15) is 0 Å². The van der Waals surface area contributed by atoms with Crippen molar-refractivity contribution >= 4 is 11.9 Å². The van der Waals surface area contributed by atoms with Crippen LogP contribution in [-0.2, 0) is 14.3 Å². The quantitative estimate of drug-likeness (QED) is 0.659. The van der Waals surface area contributed by atoms with Gasteiger partial charge in [-0.3, -0.25) is 9.59 Å². The predicted octanol–water partition coefficient (Wildman–Crippen LogP) is 0.624. The molecule has 0 aromatic rings. The molecule has 0 amide bonds. The summed E-state index contributed by atoms with van der Waals surface area (Å²) in [6.45, 7) is 5.04. The van der Waals surface area contributed by atoms with Crippen LogP contribution in [-0.4, -0.2) is 30.2 Å². The zero-order valence-corrected chi connectivity index (χ0v) is 9.11. The molecule has 1 atom stereocenters. The van der Waals surface area contributed by atoms with E-state index < -0.39 is 5.97 Å². The fraction of sp³-hybridized carbons (Fsp3) is 0.778. The first-order valence-corrected chi connectivity index (χ1v) is 4.33. The number of ether oxygens (including phenoxy) is 1. The lowest BCUT2D eigenvalue weighted by atomic mass is 10.0. The summed E-state index contributed by atoms with van der Waals surface area (Å²) in [6.07, 6.45) is 0.314. The van der Waals surface area contributed by atoms with Gasteiger partial charge in [0.2, 0.25) is 0 Å². The largest absolute Gasteiger partial charge is 0.481 e. The number of esters is 1. The van der Waals surface area contributed by atoms with Crippen LogP contribution in [0.3, 0.4) is 0 Å². The molecule has 0 unspecified atom stereocenters. The Labute approximate surface area is 84.2 Å². The van der Waals surface area contributed by atoms with E-state index in [9.17, 15) is 4.79 Å². The third kappa shape index (κ3) is 13.5. The number of methoxy groups -OCH3 is 1. The van der Waals surface area contributed by atoms with E-state index in [1.807, 2.05) is 13.8 Å². The van der Waals surface area contributed by atoms with Crippen molar-refractivity contribution in [1.82, 2.24) is 0 Å². The van der Waals surface area contributed by atoms with E-state index in [2.05, 4.69) is 4.74 Å². The molecule has 0 saturated carbocycles. The van der Waals surface area contributed by atoms with Gasteiger partial charge in [0.25, 0.3) is 5.97 Å². The van der Waals surface area contributed by atoms with Gasteiger partial charge in [-0.25, -0.2) is 0 Å². The zero-order valence-electron chi connectivity index (χ0n) is 9.11. The third-order valence-electron chi connectivity index (χ3n) is 1.49. The van der Waals surface area contributed by atoms with Gasteiger partial charge in [0, 0.05) is 13.0 Å². The van der Waals surface area contributed by atoms with E-state index in [0.29, 0.717) is 12.3 Å². The number of carboxylic acids is 1. The lowest BCUT2D eigenvalue weighted by molar-refractivity contribution is -0.141. The summed E-state index contributed by atoms with van der Waals surface area (Å²) in [6, 6.07) is -0.0764. The number of hydrogen-bond acceptors (Lipinski definition) is 4. The summed E-state index contributed by atoms with van der Waals surface area (Å²) in [7, 11) is 1.37. The molecule has 0 aromatic carbocycles. The molecule has 5 heteroatoms. The molecule has 14 heavy (non-hydrogen) atoms. The molecule has 0 aliphatic heterocycles. The molecular formula is C9H19NO4. The molecule has 0 aromatic heterocycles. The van der Waals surface area contributed by atoms with Crippen molar-refractivity contribution in [3.05, 3.63) is 0 Å². The van der Waals surface area contributed by atoms with Gasteiger partial charge in [0.05, 0.1) is 13.5 Å². The van der Waals surface area contributed by atoms with Crippen molar-refractivity contribution in [2.45, 2.75) is 33.2 Å². The van der Waals surface area contributed by atoms with Crippen LogP contribution < -0.4 is 5.73 Å². The summed E-state index contributed by atoms with van der Waals surface area (Å²) < 4.78 is 4.45. The Morgan fingerprint density at radius 1 is 1.43 bits per heavy atom. The summed E-state index contributed by atoms with van der Waals surface area (Å²) in [5.74, 6) is -0.736. The Bertz CT molecular complexity index is 176. The maximum absolute atomic E-state index is 10.6. The van der Waals surface area contributed by atoms with Crippen molar-refractivity contribution in [2.24, 2.45) is 11.7 Å². The molecule has 84 valence electrons. The molecule has 0 saturated heterocycles. The molecule has 3 N–H and O–H groups in total. The smallest absolute Gasteiger partial charge is 0.307 e. The highest BCUT2D eigenvalue weighted by Crippen LogP contribution is 2.02. The molecule has 0 fully saturated rings. The highest BCUT2D eigenvalue weighted by molar-refractivity contribution is 5.69. The van der Waals surface area contributed by atoms with Crippen LogP contribution in [0.4, 0.5) is 0 Å². The van der Waals surface area contributed by atoms with Gasteiger partial charge in [-0.05, 0) is 5.92 Å². The number of rotatable bonds is 3. The van der Waals surface area contributed by atoms with E-state index >= 15 is 0 Å². The molecule has 5 nitrogen and oxygen atoms in total. The monoisotopic (exact) mass is 205 g/mol.